The molecule has 0 amide bonds. The highest BCUT2D eigenvalue weighted by Crippen LogP contribution is 2.38. The average molecular weight is 290 g/mol. The van der Waals surface area contributed by atoms with Gasteiger partial charge in [0.15, 0.2) is 0 Å². The highest BCUT2D eigenvalue weighted by Gasteiger charge is 2.25. The number of nitrogens with one attached hydrogen (secondary N) is 1. The second-order valence-electron chi connectivity index (χ2n) is 5.27. The molecule has 0 spiro atoms. The van der Waals surface area contributed by atoms with Gasteiger partial charge in [-0.15, -0.1) is 11.3 Å². The number of rotatable bonds is 3. The zero-order valence-electron chi connectivity index (χ0n) is 11.9. The van der Waals surface area contributed by atoms with Gasteiger partial charge in [0.1, 0.15) is 10.8 Å². The standard InChI is InChI=1S/C16H19FN2S/c1-3-18-12-8-5-9-13-15(12)19-16(20-13)11-7-4-6-10(2)14(11)17/h4,6-7,12,18H,3,5,8-9H2,1-2H3. The first-order chi connectivity index (χ1) is 9.70. The van der Waals surface area contributed by atoms with Crippen molar-refractivity contribution < 1.29 is 4.39 Å². The van der Waals surface area contributed by atoms with E-state index in [1.165, 1.54) is 11.3 Å². The number of thiazole rings is 1. The zero-order valence-corrected chi connectivity index (χ0v) is 12.7. The summed E-state index contributed by atoms with van der Waals surface area (Å²) >= 11 is 1.65. The Morgan fingerprint density at radius 2 is 2.30 bits per heavy atom. The molecule has 1 aliphatic carbocycles. The lowest BCUT2D eigenvalue weighted by Gasteiger charge is -2.21. The number of benzene rings is 1. The Balaban J connectivity index is 2.02. The fraction of sp³-hybridized carbons (Fsp3) is 0.438. The van der Waals surface area contributed by atoms with Crippen LogP contribution in [-0.2, 0) is 6.42 Å². The van der Waals surface area contributed by atoms with Crippen LogP contribution in [0.15, 0.2) is 18.2 Å². The van der Waals surface area contributed by atoms with Gasteiger partial charge in [-0.1, -0.05) is 19.1 Å². The van der Waals surface area contributed by atoms with Crippen molar-refractivity contribution in [1.29, 1.82) is 0 Å². The van der Waals surface area contributed by atoms with Crippen molar-refractivity contribution in [2.75, 3.05) is 6.54 Å². The minimum absolute atomic E-state index is 0.140. The lowest BCUT2D eigenvalue weighted by Crippen LogP contribution is -2.24. The fourth-order valence-electron chi connectivity index (χ4n) is 2.79. The molecule has 1 aromatic carbocycles. The SMILES string of the molecule is CCNC1CCCc2sc(-c3cccc(C)c3F)nc21. The molecule has 1 unspecified atom stereocenters. The van der Waals surface area contributed by atoms with Crippen LogP contribution in [0.3, 0.4) is 0 Å². The van der Waals surface area contributed by atoms with Crippen LogP contribution in [0.25, 0.3) is 10.6 Å². The molecule has 4 heteroatoms. The van der Waals surface area contributed by atoms with Crippen LogP contribution >= 0.6 is 11.3 Å². The first-order valence-corrected chi connectivity index (χ1v) is 8.00. The van der Waals surface area contributed by atoms with Crippen molar-refractivity contribution >= 4 is 11.3 Å². The van der Waals surface area contributed by atoms with E-state index in [4.69, 9.17) is 4.98 Å². The summed E-state index contributed by atoms with van der Waals surface area (Å²) in [5.74, 6) is -0.140. The van der Waals surface area contributed by atoms with Crippen molar-refractivity contribution in [3.05, 3.63) is 40.2 Å². The Labute approximate surface area is 123 Å². The molecule has 106 valence electrons. The molecule has 0 aliphatic heterocycles. The monoisotopic (exact) mass is 290 g/mol. The van der Waals surface area contributed by atoms with Gasteiger partial charge in [-0.25, -0.2) is 9.37 Å². The molecule has 2 nitrogen and oxygen atoms in total. The number of fused-ring (bicyclic) bond motifs is 1. The number of aryl methyl sites for hydroxylation is 2. The van der Waals surface area contributed by atoms with Gasteiger partial charge in [0.25, 0.3) is 0 Å². The first kappa shape index (κ1) is 13.7. The van der Waals surface area contributed by atoms with Crippen LogP contribution in [0.4, 0.5) is 4.39 Å². The van der Waals surface area contributed by atoms with Gasteiger partial charge in [-0.2, -0.15) is 0 Å². The molecule has 0 bridgehead atoms. The summed E-state index contributed by atoms with van der Waals surface area (Å²) in [6, 6.07) is 5.86. The molecule has 1 aromatic heterocycles. The van der Waals surface area contributed by atoms with E-state index in [1.807, 2.05) is 12.1 Å². The van der Waals surface area contributed by atoms with Gasteiger partial charge in [0, 0.05) is 10.4 Å². The summed E-state index contributed by atoms with van der Waals surface area (Å²) < 4.78 is 14.2. The highest BCUT2D eigenvalue weighted by atomic mass is 32.1. The van der Waals surface area contributed by atoms with Crippen molar-refractivity contribution in [3.8, 4) is 10.6 Å². The molecule has 1 aliphatic rings. The van der Waals surface area contributed by atoms with Gasteiger partial charge in [-0.3, -0.25) is 0 Å². The second-order valence-corrected chi connectivity index (χ2v) is 6.35. The minimum atomic E-state index is -0.140. The molecule has 0 saturated heterocycles. The lowest BCUT2D eigenvalue weighted by atomic mass is 9.97. The van der Waals surface area contributed by atoms with E-state index < -0.39 is 0 Å². The predicted octanol–water partition coefficient (Wildman–Crippen LogP) is 4.24. The Bertz CT molecular complexity index is 621. The number of hydrogen-bond donors (Lipinski definition) is 1. The predicted molar refractivity (Wildman–Crippen MR) is 81.6 cm³/mol. The maximum atomic E-state index is 14.2. The number of hydrogen-bond acceptors (Lipinski definition) is 3. The van der Waals surface area contributed by atoms with Crippen LogP contribution in [0.2, 0.25) is 0 Å². The van der Waals surface area contributed by atoms with E-state index in [2.05, 4.69) is 12.2 Å². The highest BCUT2D eigenvalue weighted by molar-refractivity contribution is 7.15. The topological polar surface area (TPSA) is 24.9 Å². The number of halogens is 1. The van der Waals surface area contributed by atoms with Gasteiger partial charge >= 0.3 is 0 Å². The molecule has 20 heavy (non-hydrogen) atoms. The summed E-state index contributed by atoms with van der Waals surface area (Å²) in [5.41, 5.74) is 2.46. The molecule has 1 atom stereocenters. The maximum Gasteiger partial charge on any atom is 0.136 e. The van der Waals surface area contributed by atoms with Crippen molar-refractivity contribution in [2.24, 2.45) is 0 Å². The van der Waals surface area contributed by atoms with Crippen LogP contribution in [-0.4, -0.2) is 11.5 Å². The summed E-state index contributed by atoms with van der Waals surface area (Å²) in [6.45, 7) is 4.85. The smallest absolute Gasteiger partial charge is 0.136 e. The van der Waals surface area contributed by atoms with Crippen LogP contribution < -0.4 is 5.32 Å². The fourth-order valence-corrected chi connectivity index (χ4v) is 3.98. The number of nitrogens with zero attached hydrogens (tertiary/aromatic N) is 1. The van der Waals surface area contributed by atoms with Gasteiger partial charge < -0.3 is 5.32 Å². The van der Waals surface area contributed by atoms with E-state index in [9.17, 15) is 4.39 Å². The van der Waals surface area contributed by atoms with Crippen molar-refractivity contribution in [3.63, 3.8) is 0 Å². The second kappa shape index (κ2) is 5.62. The normalized spacial score (nSPS) is 18.1. The van der Waals surface area contributed by atoms with Crippen molar-refractivity contribution in [1.82, 2.24) is 10.3 Å². The summed E-state index contributed by atoms with van der Waals surface area (Å²) in [6.07, 6.45) is 3.38. The van der Waals surface area contributed by atoms with E-state index >= 15 is 0 Å². The Kier molecular flexibility index (Phi) is 3.85. The van der Waals surface area contributed by atoms with E-state index in [0.29, 0.717) is 17.2 Å². The van der Waals surface area contributed by atoms with Crippen LogP contribution in [0.5, 0.6) is 0 Å². The third kappa shape index (κ3) is 2.38. The van der Waals surface area contributed by atoms with E-state index in [0.717, 1.165) is 30.1 Å². The van der Waals surface area contributed by atoms with E-state index in [-0.39, 0.29) is 5.82 Å². The summed E-state index contributed by atoms with van der Waals surface area (Å²) in [7, 11) is 0. The summed E-state index contributed by atoms with van der Waals surface area (Å²) in [4.78, 5) is 6.06. The third-order valence-corrected chi connectivity index (χ3v) is 4.99. The average Bonchev–Trinajstić information content (AvgIpc) is 2.87. The quantitative estimate of drug-likeness (QED) is 0.914. The zero-order chi connectivity index (χ0) is 14.1. The van der Waals surface area contributed by atoms with Crippen LogP contribution in [0, 0.1) is 12.7 Å². The van der Waals surface area contributed by atoms with Gasteiger partial charge in [-0.05, 0) is 44.4 Å². The minimum Gasteiger partial charge on any atom is -0.309 e. The molecular formula is C16H19FN2S. The molecule has 1 N–H and O–H groups in total. The Morgan fingerprint density at radius 3 is 3.10 bits per heavy atom. The van der Waals surface area contributed by atoms with E-state index in [1.54, 1.807) is 24.3 Å². The Hall–Kier alpha value is -1.26. The molecule has 3 rings (SSSR count). The Morgan fingerprint density at radius 1 is 1.45 bits per heavy atom. The van der Waals surface area contributed by atoms with Gasteiger partial charge in [0.05, 0.1) is 11.7 Å². The third-order valence-electron chi connectivity index (χ3n) is 3.83. The molecule has 2 aromatic rings. The number of aromatic nitrogens is 1. The molecule has 0 saturated carbocycles. The molecule has 0 radical (unpaired) electrons. The largest absolute Gasteiger partial charge is 0.309 e. The van der Waals surface area contributed by atoms with Gasteiger partial charge in [0.2, 0.25) is 0 Å². The molecule has 0 fully saturated rings. The lowest BCUT2D eigenvalue weighted by molar-refractivity contribution is 0.465. The van der Waals surface area contributed by atoms with Crippen molar-refractivity contribution in [2.45, 2.75) is 39.2 Å². The molecule has 1 heterocycles. The maximum absolute atomic E-state index is 14.2. The first-order valence-electron chi connectivity index (χ1n) is 7.19. The summed E-state index contributed by atoms with van der Waals surface area (Å²) in [5, 5.41) is 4.30. The molecular weight excluding hydrogens is 271 g/mol. The van der Waals surface area contributed by atoms with Crippen LogP contribution in [0.1, 0.15) is 41.9 Å².